The molecule has 3 aromatic rings. The Bertz CT molecular complexity index is 984. The molecule has 0 bridgehead atoms. The van der Waals surface area contributed by atoms with Gasteiger partial charge in [0.05, 0.1) is 17.4 Å². The van der Waals surface area contributed by atoms with Crippen molar-refractivity contribution >= 4 is 22.5 Å². The predicted molar refractivity (Wildman–Crippen MR) is 96.0 cm³/mol. The number of nitrogens with zero attached hydrogens (tertiary/aromatic N) is 2. The standard InChI is InChI=1S/C19H17ClFN3O/c20-13-5-8-15-17(9-13)22-18(23-19(15)25)11-24(14-6-7-14)10-12-3-1-2-4-16(12)21/h1-5,8-9,14H,6-7,10-11H2,(H,22,23,25). The molecule has 0 saturated heterocycles. The lowest BCUT2D eigenvalue weighted by Crippen LogP contribution is -2.28. The third-order valence-electron chi connectivity index (χ3n) is 4.47. The number of hydrogen-bond acceptors (Lipinski definition) is 3. The lowest BCUT2D eigenvalue weighted by Gasteiger charge is -2.21. The zero-order valence-corrected chi connectivity index (χ0v) is 14.3. The van der Waals surface area contributed by atoms with Crippen LogP contribution < -0.4 is 5.56 Å². The van der Waals surface area contributed by atoms with E-state index in [1.807, 2.05) is 6.07 Å². The number of aromatic nitrogens is 2. The lowest BCUT2D eigenvalue weighted by molar-refractivity contribution is 0.236. The average molecular weight is 358 g/mol. The maximum Gasteiger partial charge on any atom is 0.258 e. The maximum atomic E-state index is 14.0. The lowest BCUT2D eigenvalue weighted by atomic mass is 10.2. The van der Waals surface area contributed by atoms with Gasteiger partial charge in [0, 0.05) is 23.2 Å². The molecule has 1 aliphatic carbocycles. The minimum Gasteiger partial charge on any atom is -0.309 e. The Balaban J connectivity index is 1.63. The van der Waals surface area contributed by atoms with Crippen LogP contribution in [0.4, 0.5) is 4.39 Å². The van der Waals surface area contributed by atoms with Crippen molar-refractivity contribution in [2.75, 3.05) is 0 Å². The molecule has 1 aliphatic rings. The van der Waals surface area contributed by atoms with Gasteiger partial charge in [-0.25, -0.2) is 9.37 Å². The largest absolute Gasteiger partial charge is 0.309 e. The highest BCUT2D eigenvalue weighted by Gasteiger charge is 2.30. The average Bonchev–Trinajstić information content (AvgIpc) is 3.41. The van der Waals surface area contributed by atoms with Gasteiger partial charge < -0.3 is 4.98 Å². The van der Waals surface area contributed by atoms with E-state index in [9.17, 15) is 9.18 Å². The Labute approximate surface area is 149 Å². The highest BCUT2D eigenvalue weighted by molar-refractivity contribution is 6.31. The minimum absolute atomic E-state index is 0.182. The molecule has 128 valence electrons. The number of nitrogens with one attached hydrogen (secondary N) is 1. The summed E-state index contributed by atoms with van der Waals surface area (Å²) in [7, 11) is 0. The molecule has 0 radical (unpaired) electrons. The van der Waals surface area contributed by atoms with Crippen molar-refractivity contribution in [3.8, 4) is 0 Å². The second-order valence-corrected chi connectivity index (χ2v) is 6.84. The number of benzene rings is 2. The topological polar surface area (TPSA) is 49.0 Å². The number of fused-ring (bicyclic) bond motifs is 1. The van der Waals surface area contributed by atoms with Gasteiger partial charge in [0.2, 0.25) is 0 Å². The molecule has 1 fully saturated rings. The fourth-order valence-electron chi connectivity index (χ4n) is 3.03. The van der Waals surface area contributed by atoms with Gasteiger partial charge in [-0.05, 0) is 37.1 Å². The van der Waals surface area contributed by atoms with E-state index in [1.165, 1.54) is 6.07 Å². The normalized spacial score (nSPS) is 14.4. The predicted octanol–water partition coefficient (Wildman–Crippen LogP) is 3.88. The first-order chi connectivity index (χ1) is 12.1. The van der Waals surface area contributed by atoms with E-state index in [4.69, 9.17) is 11.6 Å². The molecule has 0 aliphatic heterocycles. The van der Waals surface area contributed by atoms with Crippen molar-refractivity contribution in [2.24, 2.45) is 0 Å². The van der Waals surface area contributed by atoms with Crippen molar-refractivity contribution < 1.29 is 4.39 Å². The third kappa shape index (κ3) is 3.57. The molecule has 0 amide bonds. The van der Waals surface area contributed by atoms with Gasteiger partial charge in [-0.1, -0.05) is 29.8 Å². The second-order valence-electron chi connectivity index (χ2n) is 6.40. The maximum absolute atomic E-state index is 14.0. The number of aromatic amines is 1. The summed E-state index contributed by atoms with van der Waals surface area (Å²) in [6.07, 6.45) is 2.16. The smallest absolute Gasteiger partial charge is 0.258 e. The summed E-state index contributed by atoms with van der Waals surface area (Å²) in [6.45, 7) is 0.964. The van der Waals surface area contributed by atoms with Crippen LogP contribution in [0.1, 0.15) is 24.2 Å². The SMILES string of the molecule is O=c1[nH]c(CN(Cc2ccccc2F)C2CC2)nc2cc(Cl)ccc12. The monoisotopic (exact) mass is 357 g/mol. The summed E-state index contributed by atoms with van der Waals surface area (Å²) in [6, 6.07) is 12.2. The second kappa shape index (κ2) is 6.58. The summed E-state index contributed by atoms with van der Waals surface area (Å²) in [5.74, 6) is 0.364. The van der Waals surface area contributed by atoms with Crippen LogP contribution in [0.25, 0.3) is 10.9 Å². The fraction of sp³-hybridized carbons (Fsp3) is 0.263. The van der Waals surface area contributed by atoms with Crippen LogP contribution in [0.15, 0.2) is 47.3 Å². The molecule has 1 aromatic heterocycles. The fourth-order valence-corrected chi connectivity index (χ4v) is 3.19. The minimum atomic E-state index is -0.208. The van der Waals surface area contributed by atoms with Crippen LogP contribution in [0, 0.1) is 5.82 Å². The Hall–Kier alpha value is -2.24. The molecule has 25 heavy (non-hydrogen) atoms. The van der Waals surface area contributed by atoms with Crippen LogP contribution in [-0.2, 0) is 13.1 Å². The van der Waals surface area contributed by atoms with Crippen LogP contribution >= 0.6 is 11.6 Å². The van der Waals surface area contributed by atoms with E-state index < -0.39 is 0 Å². The third-order valence-corrected chi connectivity index (χ3v) is 4.70. The Kier molecular flexibility index (Phi) is 4.27. The van der Waals surface area contributed by atoms with Crippen LogP contribution in [0.3, 0.4) is 0 Å². The Morgan fingerprint density at radius 1 is 1.20 bits per heavy atom. The summed E-state index contributed by atoms with van der Waals surface area (Å²) in [5, 5.41) is 1.06. The van der Waals surface area contributed by atoms with Gasteiger partial charge >= 0.3 is 0 Å². The molecule has 4 nitrogen and oxygen atoms in total. The van der Waals surface area contributed by atoms with Crippen molar-refractivity contribution in [2.45, 2.75) is 32.0 Å². The van der Waals surface area contributed by atoms with E-state index >= 15 is 0 Å². The van der Waals surface area contributed by atoms with Gasteiger partial charge in [0.25, 0.3) is 5.56 Å². The highest BCUT2D eigenvalue weighted by Crippen LogP contribution is 2.30. The van der Waals surface area contributed by atoms with E-state index in [0.717, 1.165) is 12.8 Å². The van der Waals surface area contributed by atoms with Gasteiger partial charge in [-0.2, -0.15) is 0 Å². The van der Waals surface area contributed by atoms with Crippen LogP contribution in [-0.4, -0.2) is 20.9 Å². The first-order valence-corrected chi connectivity index (χ1v) is 8.64. The van der Waals surface area contributed by atoms with Gasteiger partial charge in [0.1, 0.15) is 11.6 Å². The molecule has 0 unspecified atom stereocenters. The van der Waals surface area contributed by atoms with Crippen LogP contribution in [0.5, 0.6) is 0 Å². The van der Waals surface area contributed by atoms with Gasteiger partial charge in [-0.3, -0.25) is 9.69 Å². The van der Waals surface area contributed by atoms with Gasteiger partial charge in [0.15, 0.2) is 0 Å². The molecule has 1 N–H and O–H groups in total. The molecule has 1 heterocycles. The summed E-state index contributed by atoms with van der Waals surface area (Å²) in [5.41, 5.74) is 1.05. The van der Waals surface area contributed by atoms with Crippen molar-refractivity contribution in [3.05, 3.63) is 75.0 Å². The molecule has 1 saturated carbocycles. The van der Waals surface area contributed by atoms with Crippen molar-refractivity contribution in [1.29, 1.82) is 0 Å². The Morgan fingerprint density at radius 2 is 2.00 bits per heavy atom. The summed E-state index contributed by atoms with van der Waals surface area (Å²) >= 11 is 6.01. The molecular weight excluding hydrogens is 341 g/mol. The van der Waals surface area contributed by atoms with E-state index in [0.29, 0.717) is 46.4 Å². The first-order valence-electron chi connectivity index (χ1n) is 8.26. The highest BCUT2D eigenvalue weighted by atomic mass is 35.5. The molecule has 2 aromatic carbocycles. The van der Waals surface area contributed by atoms with Gasteiger partial charge in [-0.15, -0.1) is 0 Å². The molecule has 6 heteroatoms. The number of halogens is 2. The quantitative estimate of drug-likeness (QED) is 0.753. The molecular formula is C19H17ClFN3O. The van der Waals surface area contributed by atoms with E-state index in [1.54, 1.807) is 30.3 Å². The summed E-state index contributed by atoms with van der Waals surface area (Å²) in [4.78, 5) is 21.8. The first kappa shape index (κ1) is 16.2. The van der Waals surface area contributed by atoms with Crippen molar-refractivity contribution in [3.63, 3.8) is 0 Å². The van der Waals surface area contributed by atoms with Crippen LogP contribution in [0.2, 0.25) is 5.02 Å². The van der Waals surface area contributed by atoms with E-state index in [2.05, 4.69) is 14.9 Å². The summed E-state index contributed by atoms with van der Waals surface area (Å²) < 4.78 is 14.0. The number of rotatable bonds is 5. The number of H-pyrrole nitrogens is 1. The molecule has 0 atom stereocenters. The molecule has 4 rings (SSSR count). The zero-order chi connectivity index (χ0) is 17.4. The van der Waals surface area contributed by atoms with Crippen molar-refractivity contribution in [1.82, 2.24) is 14.9 Å². The zero-order valence-electron chi connectivity index (χ0n) is 13.5. The Morgan fingerprint density at radius 3 is 2.76 bits per heavy atom. The van der Waals surface area contributed by atoms with E-state index in [-0.39, 0.29) is 11.4 Å². The number of hydrogen-bond donors (Lipinski definition) is 1. The molecule has 0 spiro atoms.